The van der Waals surface area contributed by atoms with E-state index in [1.165, 1.54) is 13.4 Å². The van der Waals surface area contributed by atoms with Gasteiger partial charge in [-0.1, -0.05) is 12.1 Å². The summed E-state index contributed by atoms with van der Waals surface area (Å²) in [5.41, 5.74) is 6.69. The molecular formula is C13H15N3O3. The van der Waals surface area contributed by atoms with Crippen molar-refractivity contribution in [1.29, 1.82) is 0 Å². The molecule has 100 valence electrons. The Hall–Kier alpha value is -2.34. The van der Waals surface area contributed by atoms with E-state index in [0.717, 1.165) is 5.56 Å². The summed E-state index contributed by atoms with van der Waals surface area (Å²) in [6.45, 7) is 0.514. The molecule has 0 aliphatic heterocycles. The third-order valence-electron chi connectivity index (χ3n) is 2.43. The number of methoxy groups -OCH3 is 2. The van der Waals surface area contributed by atoms with Gasteiger partial charge in [0, 0.05) is 7.11 Å². The first-order valence-corrected chi connectivity index (χ1v) is 5.64. The Balaban J connectivity index is 2.26. The number of ether oxygens (including phenoxy) is 3. The van der Waals surface area contributed by atoms with E-state index >= 15 is 0 Å². The zero-order valence-corrected chi connectivity index (χ0v) is 10.8. The first-order valence-electron chi connectivity index (χ1n) is 5.64. The number of nitrogens with zero attached hydrogens (tertiary/aromatic N) is 2. The first-order chi connectivity index (χ1) is 9.24. The van der Waals surface area contributed by atoms with Crippen molar-refractivity contribution in [2.75, 3.05) is 20.0 Å². The molecule has 1 aromatic carbocycles. The zero-order valence-electron chi connectivity index (χ0n) is 10.8. The lowest BCUT2D eigenvalue weighted by Gasteiger charge is -2.10. The van der Waals surface area contributed by atoms with Gasteiger partial charge in [0.25, 0.3) is 5.88 Å². The van der Waals surface area contributed by atoms with Gasteiger partial charge in [0.1, 0.15) is 12.1 Å². The van der Waals surface area contributed by atoms with Gasteiger partial charge in [0.15, 0.2) is 5.82 Å². The maximum Gasteiger partial charge on any atom is 0.268 e. The number of nitrogen functional groups attached to an aromatic ring is 1. The van der Waals surface area contributed by atoms with Crippen LogP contribution in [-0.4, -0.2) is 24.2 Å². The highest BCUT2D eigenvalue weighted by molar-refractivity contribution is 5.52. The lowest BCUT2D eigenvalue weighted by molar-refractivity contribution is 0.184. The number of nitrogens with two attached hydrogens (primary N) is 1. The fourth-order valence-electron chi connectivity index (χ4n) is 1.61. The molecular weight excluding hydrogens is 246 g/mol. The summed E-state index contributed by atoms with van der Waals surface area (Å²) in [7, 11) is 3.13. The van der Waals surface area contributed by atoms with Gasteiger partial charge in [-0.25, -0.2) is 4.98 Å². The molecule has 0 unspecified atom stereocenters. The summed E-state index contributed by atoms with van der Waals surface area (Å²) in [5, 5.41) is 0. The normalized spacial score (nSPS) is 10.2. The van der Waals surface area contributed by atoms with Crippen LogP contribution in [0.25, 0.3) is 0 Å². The van der Waals surface area contributed by atoms with E-state index in [1.807, 2.05) is 24.3 Å². The van der Waals surface area contributed by atoms with Gasteiger partial charge in [0.05, 0.1) is 13.7 Å². The highest BCUT2D eigenvalue weighted by Crippen LogP contribution is 2.32. The van der Waals surface area contributed by atoms with Gasteiger partial charge in [-0.05, 0) is 17.7 Å². The molecule has 2 rings (SSSR count). The Kier molecular flexibility index (Phi) is 4.15. The predicted molar refractivity (Wildman–Crippen MR) is 70.2 cm³/mol. The number of anilines is 1. The Labute approximate surface area is 111 Å². The number of hydrogen-bond acceptors (Lipinski definition) is 6. The van der Waals surface area contributed by atoms with Gasteiger partial charge in [-0.2, -0.15) is 4.98 Å². The molecule has 6 nitrogen and oxygen atoms in total. The number of rotatable bonds is 5. The van der Waals surface area contributed by atoms with E-state index in [-0.39, 0.29) is 11.7 Å². The SMILES string of the molecule is COCc1cccc(Oc2ncnc(N)c2OC)c1. The van der Waals surface area contributed by atoms with Crippen molar-refractivity contribution in [3.63, 3.8) is 0 Å². The summed E-state index contributed by atoms with van der Waals surface area (Å²) in [5.74, 6) is 1.47. The number of hydrogen-bond donors (Lipinski definition) is 1. The maximum absolute atomic E-state index is 5.69. The fraction of sp³-hybridized carbons (Fsp3) is 0.231. The summed E-state index contributed by atoms with van der Waals surface area (Å²) < 4.78 is 15.9. The molecule has 19 heavy (non-hydrogen) atoms. The third-order valence-corrected chi connectivity index (χ3v) is 2.43. The van der Waals surface area contributed by atoms with Crippen LogP contribution >= 0.6 is 0 Å². The molecule has 0 bridgehead atoms. The van der Waals surface area contributed by atoms with Crippen LogP contribution in [0, 0.1) is 0 Å². The molecule has 6 heteroatoms. The quantitative estimate of drug-likeness (QED) is 0.886. The molecule has 1 aromatic heterocycles. The summed E-state index contributed by atoms with van der Waals surface area (Å²) in [6, 6.07) is 7.50. The van der Waals surface area contributed by atoms with Crippen LogP contribution in [0.2, 0.25) is 0 Å². The molecule has 1 heterocycles. The summed E-state index contributed by atoms with van der Waals surface area (Å²) in [6.07, 6.45) is 1.33. The highest BCUT2D eigenvalue weighted by Gasteiger charge is 2.11. The average molecular weight is 261 g/mol. The van der Waals surface area contributed by atoms with Gasteiger partial charge < -0.3 is 19.9 Å². The van der Waals surface area contributed by atoms with Crippen LogP contribution in [0.1, 0.15) is 5.56 Å². The highest BCUT2D eigenvalue weighted by atomic mass is 16.5. The van der Waals surface area contributed by atoms with Crippen molar-refractivity contribution in [3.05, 3.63) is 36.2 Å². The second-order valence-electron chi connectivity index (χ2n) is 3.78. The first kappa shape index (κ1) is 13.1. The third kappa shape index (κ3) is 3.11. The monoisotopic (exact) mass is 261 g/mol. The fourth-order valence-corrected chi connectivity index (χ4v) is 1.61. The Morgan fingerprint density at radius 3 is 2.79 bits per heavy atom. The molecule has 0 spiro atoms. The molecule has 0 atom stereocenters. The van der Waals surface area contributed by atoms with Crippen LogP contribution in [-0.2, 0) is 11.3 Å². The molecule has 0 saturated carbocycles. The van der Waals surface area contributed by atoms with Crippen molar-refractivity contribution in [2.45, 2.75) is 6.61 Å². The molecule has 2 aromatic rings. The lowest BCUT2D eigenvalue weighted by Crippen LogP contribution is -2.00. The Morgan fingerprint density at radius 1 is 1.21 bits per heavy atom. The van der Waals surface area contributed by atoms with Crippen molar-refractivity contribution in [1.82, 2.24) is 9.97 Å². The standard InChI is InChI=1S/C13H15N3O3/c1-17-7-9-4-3-5-10(6-9)19-13-11(18-2)12(14)15-8-16-13/h3-6,8H,7H2,1-2H3,(H2,14,15,16). The van der Waals surface area contributed by atoms with Crippen LogP contribution in [0.15, 0.2) is 30.6 Å². The van der Waals surface area contributed by atoms with E-state index in [9.17, 15) is 0 Å². The van der Waals surface area contributed by atoms with Crippen LogP contribution in [0.5, 0.6) is 17.4 Å². The van der Waals surface area contributed by atoms with Gasteiger partial charge in [-0.3, -0.25) is 0 Å². The Morgan fingerprint density at radius 2 is 2.05 bits per heavy atom. The Bertz CT molecular complexity index is 561. The van der Waals surface area contributed by atoms with Crippen LogP contribution in [0.3, 0.4) is 0 Å². The van der Waals surface area contributed by atoms with E-state index < -0.39 is 0 Å². The molecule has 0 aliphatic carbocycles. The maximum atomic E-state index is 5.69. The zero-order chi connectivity index (χ0) is 13.7. The molecule has 0 radical (unpaired) electrons. The van der Waals surface area contributed by atoms with Gasteiger partial charge in [0.2, 0.25) is 5.75 Å². The summed E-state index contributed by atoms with van der Waals surface area (Å²) >= 11 is 0. The van der Waals surface area contributed by atoms with E-state index in [0.29, 0.717) is 18.1 Å². The minimum atomic E-state index is 0.237. The van der Waals surface area contributed by atoms with Crippen molar-refractivity contribution >= 4 is 5.82 Å². The molecule has 0 amide bonds. The molecule has 0 saturated heterocycles. The predicted octanol–water partition coefficient (Wildman–Crippen LogP) is 2.01. The largest absolute Gasteiger partial charge is 0.489 e. The van der Waals surface area contributed by atoms with Crippen LogP contribution < -0.4 is 15.2 Å². The average Bonchev–Trinajstić information content (AvgIpc) is 2.40. The smallest absolute Gasteiger partial charge is 0.268 e. The molecule has 0 fully saturated rings. The van der Waals surface area contributed by atoms with Crippen molar-refractivity contribution < 1.29 is 14.2 Å². The van der Waals surface area contributed by atoms with E-state index in [2.05, 4.69) is 9.97 Å². The number of benzene rings is 1. The molecule has 0 aliphatic rings. The van der Waals surface area contributed by atoms with Gasteiger partial charge >= 0.3 is 0 Å². The molecule has 2 N–H and O–H groups in total. The van der Waals surface area contributed by atoms with Crippen molar-refractivity contribution in [3.8, 4) is 17.4 Å². The van der Waals surface area contributed by atoms with E-state index in [1.54, 1.807) is 7.11 Å². The number of aromatic nitrogens is 2. The minimum Gasteiger partial charge on any atom is -0.489 e. The van der Waals surface area contributed by atoms with E-state index in [4.69, 9.17) is 19.9 Å². The minimum absolute atomic E-state index is 0.237. The lowest BCUT2D eigenvalue weighted by atomic mass is 10.2. The van der Waals surface area contributed by atoms with Crippen molar-refractivity contribution in [2.24, 2.45) is 0 Å². The second kappa shape index (κ2) is 6.01. The van der Waals surface area contributed by atoms with Gasteiger partial charge in [-0.15, -0.1) is 0 Å². The summed E-state index contributed by atoms with van der Waals surface area (Å²) in [4.78, 5) is 7.85. The van der Waals surface area contributed by atoms with Crippen LogP contribution in [0.4, 0.5) is 5.82 Å². The topological polar surface area (TPSA) is 79.5 Å². The second-order valence-corrected chi connectivity index (χ2v) is 3.78.